The van der Waals surface area contributed by atoms with Crippen molar-refractivity contribution in [2.24, 2.45) is 5.10 Å². The van der Waals surface area contributed by atoms with Crippen LogP contribution in [-0.4, -0.2) is 27.1 Å². The van der Waals surface area contributed by atoms with Crippen molar-refractivity contribution in [3.05, 3.63) is 92.9 Å². The highest BCUT2D eigenvalue weighted by Crippen LogP contribution is 2.30. The first-order valence-corrected chi connectivity index (χ1v) is 11.9. The van der Waals surface area contributed by atoms with Crippen molar-refractivity contribution < 1.29 is 13.2 Å². The largest absolute Gasteiger partial charge is 0.271 e. The van der Waals surface area contributed by atoms with Gasteiger partial charge < -0.3 is 0 Å². The summed E-state index contributed by atoms with van der Waals surface area (Å²) in [4.78, 5) is 12.5. The molecule has 0 atom stereocenters. The first-order valence-electron chi connectivity index (χ1n) is 8.88. The summed E-state index contributed by atoms with van der Waals surface area (Å²) in [6.45, 7) is -0.507. The van der Waals surface area contributed by atoms with E-state index in [1.807, 2.05) is 24.3 Å². The summed E-state index contributed by atoms with van der Waals surface area (Å²) in [5.74, 6) is -0.626. The van der Waals surface area contributed by atoms with Gasteiger partial charge in [-0.15, -0.1) is 0 Å². The average Bonchev–Trinajstić information content (AvgIpc) is 2.76. The van der Waals surface area contributed by atoms with E-state index >= 15 is 0 Å². The molecule has 0 saturated carbocycles. The minimum Gasteiger partial charge on any atom is -0.271 e. The van der Waals surface area contributed by atoms with Crippen LogP contribution in [-0.2, 0) is 14.8 Å². The highest BCUT2D eigenvalue weighted by atomic mass is 79.9. The first-order chi connectivity index (χ1) is 14.8. The monoisotopic (exact) mass is 539 g/mol. The van der Waals surface area contributed by atoms with E-state index in [1.165, 1.54) is 36.5 Å². The number of rotatable bonds is 7. The molecule has 0 radical (unpaired) electrons. The minimum atomic E-state index is -4.05. The Kier molecular flexibility index (Phi) is 7.72. The van der Waals surface area contributed by atoms with Gasteiger partial charge in [0.1, 0.15) is 6.54 Å². The van der Waals surface area contributed by atoms with Gasteiger partial charge in [0.05, 0.1) is 26.8 Å². The number of amides is 1. The van der Waals surface area contributed by atoms with E-state index in [1.54, 1.807) is 18.2 Å². The zero-order chi connectivity index (χ0) is 22.4. The van der Waals surface area contributed by atoms with Gasteiger partial charge >= 0.3 is 0 Å². The molecule has 3 aromatic rings. The number of anilines is 1. The van der Waals surface area contributed by atoms with Crippen molar-refractivity contribution >= 4 is 67.0 Å². The molecule has 160 valence electrons. The van der Waals surface area contributed by atoms with Crippen LogP contribution in [0, 0.1) is 0 Å². The standard InChI is InChI=1S/C21H16BrCl2N3O3S/c22-16-8-6-15(7-9-16)13-25-26-21(28)14-27(17-10-11-19(23)20(24)12-17)31(29,30)18-4-2-1-3-5-18/h1-13H,14H2,(H,26,28)/b25-13+. The normalized spacial score (nSPS) is 11.5. The van der Waals surface area contributed by atoms with Gasteiger partial charge in [0.2, 0.25) is 0 Å². The summed E-state index contributed by atoms with van der Waals surface area (Å²) < 4.78 is 28.3. The molecule has 0 bridgehead atoms. The summed E-state index contributed by atoms with van der Waals surface area (Å²) >= 11 is 15.4. The van der Waals surface area contributed by atoms with Crippen LogP contribution in [0.15, 0.2) is 87.3 Å². The van der Waals surface area contributed by atoms with Crippen molar-refractivity contribution in [3.8, 4) is 0 Å². The highest BCUT2D eigenvalue weighted by molar-refractivity contribution is 9.10. The molecule has 0 fully saturated rings. The number of nitrogens with zero attached hydrogens (tertiary/aromatic N) is 2. The molecule has 0 unspecified atom stereocenters. The summed E-state index contributed by atoms with van der Waals surface area (Å²) in [7, 11) is -4.05. The van der Waals surface area contributed by atoms with Gasteiger partial charge in [-0.2, -0.15) is 5.10 Å². The lowest BCUT2D eigenvalue weighted by molar-refractivity contribution is -0.119. The fourth-order valence-corrected chi connectivity index (χ4v) is 4.56. The maximum absolute atomic E-state index is 13.2. The van der Waals surface area contributed by atoms with Crippen molar-refractivity contribution in [2.75, 3.05) is 10.8 Å². The molecule has 1 amide bonds. The molecule has 3 rings (SSSR count). The van der Waals surface area contributed by atoms with Crippen molar-refractivity contribution in [3.63, 3.8) is 0 Å². The quantitative estimate of drug-likeness (QED) is 0.334. The third kappa shape index (κ3) is 6.07. The number of carbonyl (C=O) groups excluding carboxylic acids is 1. The zero-order valence-corrected chi connectivity index (χ0v) is 19.8. The number of hydrogen-bond acceptors (Lipinski definition) is 4. The Morgan fingerprint density at radius 2 is 1.68 bits per heavy atom. The van der Waals surface area contributed by atoms with Gasteiger partial charge in [-0.1, -0.05) is 69.5 Å². The van der Waals surface area contributed by atoms with E-state index in [9.17, 15) is 13.2 Å². The first kappa shape index (κ1) is 23.3. The summed E-state index contributed by atoms with van der Waals surface area (Å²) in [5, 5.41) is 4.33. The number of nitrogens with one attached hydrogen (secondary N) is 1. The van der Waals surface area contributed by atoms with Gasteiger partial charge in [0.25, 0.3) is 15.9 Å². The highest BCUT2D eigenvalue weighted by Gasteiger charge is 2.27. The van der Waals surface area contributed by atoms with Crippen molar-refractivity contribution in [1.82, 2.24) is 5.43 Å². The van der Waals surface area contributed by atoms with Gasteiger partial charge in [-0.25, -0.2) is 13.8 Å². The average molecular weight is 541 g/mol. The van der Waals surface area contributed by atoms with Crippen molar-refractivity contribution in [1.29, 1.82) is 0 Å². The molecule has 3 aromatic carbocycles. The molecule has 0 aliphatic heterocycles. The predicted molar refractivity (Wildman–Crippen MR) is 127 cm³/mol. The Labute approximate surface area is 198 Å². The molecule has 6 nitrogen and oxygen atoms in total. The Morgan fingerprint density at radius 1 is 1.00 bits per heavy atom. The van der Waals surface area contributed by atoms with Crippen LogP contribution in [0.1, 0.15) is 5.56 Å². The maximum atomic E-state index is 13.2. The molecule has 0 aromatic heterocycles. The maximum Gasteiger partial charge on any atom is 0.264 e. The third-order valence-corrected chi connectivity index (χ3v) is 7.14. The second-order valence-electron chi connectivity index (χ2n) is 6.27. The van der Waals surface area contributed by atoms with Gasteiger partial charge in [0.15, 0.2) is 0 Å². The van der Waals surface area contributed by atoms with E-state index in [2.05, 4.69) is 26.5 Å². The number of halogens is 3. The zero-order valence-electron chi connectivity index (χ0n) is 15.9. The fourth-order valence-electron chi connectivity index (χ4n) is 2.57. The van der Waals surface area contributed by atoms with Crippen LogP contribution in [0.3, 0.4) is 0 Å². The molecule has 31 heavy (non-hydrogen) atoms. The molecule has 0 spiro atoms. The number of sulfonamides is 1. The number of benzene rings is 3. The topological polar surface area (TPSA) is 78.8 Å². The van der Waals surface area contributed by atoms with Gasteiger partial charge in [-0.3, -0.25) is 9.10 Å². The number of hydrazone groups is 1. The molecule has 10 heteroatoms. The van der Waals surface area contributed by atoms with Crippen LogP contribution in [0.4, 0.5) is 5.69 Å². The Morgan fingerprint density at radius 3 is 2.32 bits per heavy atom. The summed E-state index contributed by atoms with van der Waals surface area (Å²) in [6.07, 6.45) is 1.46. The Balaban J connectivity index is 1.85. The molecular formula is C21H16BrCl2N3O3S. The second kappa shape index (κ2) is 10.3. The number of hydrogen-bond donors (Lipinski definition) is 1. The van der Waals surface area contributed by atoms with E-state index in [-0.39, 0.29) is 20.6 Å². The Hall–Kier alpha value is -2.39. The van der Waals surface area contributed by atoms with E-state index < -0.39 is 22.5 Å². The third-order valence-electron chi connectivity index (χ3n) is 4.08. The predicted octanol–water partition coefficient (Wildman–Crippen LogP) is 5.10. The second-order valence-corrected chi connectivity index (χ2v) is 9.86. The van der Waals surface area contributed by atoms with Crippen LogP contribution in [0.2, 0.25) is 10.0 Å². The van der Waals surface area contributed by atoms with Crippen LogP contribution >= 0.6 is 39.1 Å². The van der Waals surface area contributed by atoms with E-state index in [0.717, 1.165) is 14.3 Å². The van der Waals surface area contributed by atoms with E-state index in [0.29, 0.717) is 0 Å². The summed E-state index contributed by atoms with van der Waals surface area (Å²) in [5.41, 5.74) is 3.31. The lowest BCUT2D eigenvalue weighted by Crippen LogP contribution is -2.39. The smallest absolute Gasteiger partial charge is 0.264 e. The lowest BCUT2D eigenvalue weighted by atomic mass is 10.2. The van der Waals surface area contributed by atoms with Crippen LogP contribution < -0.4 is 9.73 Å². The van der Waals surface area contributed by atoms with Gasteiger partial charge in [0, 0.05) is 4.47 Å². The summed E-state index contributed by atoms with van der Waals surface area (Å²) in [6, 6.07) is 19.4. The molecular weight excluding hydrogens is 525 g/mol. The molecule has 0 aliphatic rings. The minimum absolute atomic E-state index is 0.0345. The fraction of sp³-hybridized carbons (Fsp3) is 0.0476. The van der Waals surface area contributed by atoms with Crippen LogP contribution in [0.5, 0.6) is 0 Å². The lowest BCUT2D eigenvalue weighted by Gasteiger charge is -2.24. The van der Waals surface area contributed by atoms with Crippen LogP contribution in [0.25, 0.3) is 0 Å². The molecule has 0 aliphatic carbocycles. The number of carbonyl (C=O) groups is 1. The molecule has 0 saturated heterocycles. The van der Waals surface area contributed by atoms with Gasteiger partial charge in [-0.05, 0) is 48.0 Å². The molecule has 0 heterocycles. The Bertz CT molecular complexity index is 1200. The van der Waals surface area contributed by atoms with Crippen molar-refractivity contribution in [2.45, 2.75) is 4.90 Å². The molecule has 1 N–H and O–H groups in total. The SMILES string of the molecule is O=C(CN(c1ccc(Cl)c(Cl)c1)S(=O)(=O)c1ccccc1)N/N=C/c1ccc(Br)cc1. The van der Waals surface area contributed by atoms with E-state index in [4.69, 9.17) is 23.2 Å².